The Morgan fingerprint density at radius 2 is 1.86 bits per heavy atom. The molecule has 0 bridgehead atoms. The number of ether oxygens (including phenoxy) is 1. The van der Waals surface area contributed by atoms with Crippen LogP contribution >= 0.6 is 0 Å². The van der Waals surface area contributed by atoms with Gasteiger partial charge in [0.05, 0.1) is 6.10 Å². The highest BCUT2D eigenvalue weighted by atomic mass is 16.5. The van der Waals surface area contributed by atoms with E-state index < -0.39 is 0 Å². The molecule has 0 aliphatic rings. The maximum Gasteiger partial charge on any atom is 0.0693 e. The number of rotatable bonds is 5. The lowest BCUT2D eigenvalue weighted by atomic mass is 10.2. The van der Waals surface area contributed by atoms with Gasteiger partial charge in [-0.1, -0.05) is 30.3 Å². The lowest BCUT2D eigenvalue weighted by Crippen LogP contribution is -2.36. The van der Waals surface area contributed by atoms with Crippen molar-refractivity contribution in [1.29, 1.82) is 0 Å². The summed E-state index contributed by atoms with van der Waals surface area (Å²) >= 11 is 0. The first kappa shape index (κ1) is 11.2. The van der Waals surface area contributed by atoms with E-state index >= 15 is 0 Å². The molecule has 1 rings (SSSR count). The molecule has 0 fully saturated rings. The fourth-order valence-corrected chi connectivity index (χ4v) is 1.24. The summed E-state index contributed by atoms with van der Waals surface area (Å²) in [6, 6.07) is 10.8. The molecule has 1 aromatic rings. The van der Waals surface area contributed by atoms with E-state index in [1.807, 2.05) is 6.07 Å². The molecule has 0 aromatic heterocycles. The molecule has 0 aliphatic heterocycles. The average Bonchev–Trinajstić information content (AvgIpc) is 2.26. The van der Waals surface area contributed by atoms with Gasteiger partial charge in [-0.2, -0.15) is 0 Å². The van der Waals surface area contributed by atoms with Gasteiger partial charge in [0.1, 0.15) is 0 Å². The van der Waals surface area contributed by atoms with Gasteiger partial charge in [-0.25, -0.2) is 0 Å². The van der Waals surface area contributed by atoms with Gasteiger partial charge >= 0.3 is 0 Å². The van der Waals surface area contributed by atoms with Crippen LogP contribution in [0.1, 0.15) is 19.4 Å². The molecule has 0 unspecified atom stereocenters. The first-order valence-corrected chi connectivity index (χ1v) is 5.04. The highest BCUT2D eigenvalue weighted by Crippen LogP contribution is 2.01. The topological polar surface area (TPSA) is 21.3 Å². The monoisotopic (exact) mass is 193 g/mol. The molecule has 0 heterocycles. The molecule has 78 valence electrons. The zero-order valence-corrected chi connectivity index (χ0v) is 9.16. The molecule has 1 N–H and O–H groups in total. The Kier molecular flexibility index (Phi) is 4.63. The summed E-state index contributed by atoms with van der Waals surface area (Å²) in [6.45, 7) is 5.11. The second kappa shape index (κ2) is 5.78. The van der Waals surface area contributed by atoms with Crippen molar-refractivity contribution >= 4 is 0 Å². The van der Waals surface area contributed by atoms with E-state index in [1.54, 1.807) is 7.11 Å². The van der Waals surface area contributed by atoms with Gasteiger partial charge in [0.2, 0.25) is 0 Å². The van der Waals surface area contributed by atoms with Crippen LogP contribution in [0.2, 0.25) is 0 Å². The second-order valence-corrected chi connectivity index (χ2v) is 3.60. The number of hydrogen-bond donors (Lipinski definition) is 1. The lowest BCUT2D eigenvalue weighted by molar-refractivity contribution is 0.0882. The van der Waals surface area contributed by atoms with Crippen LogP contribution in [-0.4, -0.2) is 19.3 Å². The van der Waals surface area contributed by atoms with Gasteiger partial charge in [-0.3, -0.25) is 0 Å². The minimum Gasteiger partial charge on any atom is -0.380 e. The van der Waals surface area contributed by atoms with Crippen molar-refractivity contribution in [3.05, 3.63) is 35.9 Å². The summed E-state index contributed by atoms with van der Waals surface area (Å²) in [5.74, 6) is 0. The summed E-state index contributed by atoms with van der Waals surface area (Å²) in [6.07, 6.45) is 0.249. The van der Waals surface area contributed by atoms with Crippen LogP contribution in [0.3, 0.4) is 0 Å². The fraction of sp³-hybridized carbons (Fsp3) is 0.500. The number of nitrogens with one attached hydrogen (secondary N) is 1. The zero-order valence-electron chi connectivity index (χ0n) is 9.16. The smallest absolute Gasteiger partial charge is 0.0693 e. The van der Waals surface area contributed by atoms with E-state index in [0.29, 0.717) is 6.04 Å². The molecule has 1 aromatic carbocycles. The molecule has 0 radical (unpaired) electrons. The van der Waals surface area contributed by atoms with E-state index in [0.717, 1.165) is 6.54 Å². The summed E-state index contributed by atoms with van der Waals surface area (Å²) < 4.78 is 5.24. The van der Waals surface area contributed by atoms with Crippen LogP contribution < -0.4 is 5.32 Å². The Balaban J connectivity index is 2.34. The van der Waals surface area contributed by atoms with Gasteiger partial charge in [-0.15, -0.1) is 0 Å². The van der Waals surface area contributed by atoms with E-state index in [2.05, 4.69) is 43.4 Å². The highest BCUT2D eigenvalue weighted by Gasteiger charge is 2.09. The van der Waals surface area contributed by atoms with Crippen molar-refractivity contribution in [2.75, 3.05) is 7.11 Å². The Labute approximate surface area is 86.3 Å². The van der Waals surface area contributed by atoms with Crippen molar-refractivity contribution in [2.24, 2.45) is 0 Å². The molecular weight excluding hydrogens is 174 g/mol. The molecule has 2 heteroatoms. The Hall–Kier alpha value is -0.860. The molecule has 14 heavy (non-hydrogen) atoms. The third kappa shape index (κ3) is 3.48. The first-order valence-electron chi connectivity index (χ1n) is 5.04. The molecule has 2 atom stereocenters. The van der Waals surface area contributed by atoms with Crippen molar-refractivity contribution in [2.45, 2.75) is 32.5 Å². The summed E-state index contributed by atoms with van der Waals surface area (Å²) in [5.41, 5.74) is 1.31. The highest BCUT2D eigenvalue weighted by molar-refractivity contribution is 5.14. The third-order valence-corrected chi connectivity index (χ3v) is 2.55. The molecule has 0 aliphatic carbocycles. The molecular formula is C12H19NO. The van der Waals surface area contributed by atoms with Crippen molar-refractivity contribution in [3.8, 4) is 0 Å². The normalized spacial score (nSPS) is 15.1. The van der Waals surface area contributed by atoms with Crippen LogP contribution in [0.4, 0.5) is 0 Å². The van der Waals surface area contributed by atoms with E-state index in [1.165, 1.54) is 5.56 Å². The van der Waals surface area contributed by atoms with Crippen LogP contribution in [0.25, 0.3) is 0 Å². The predicted octanol–water partition coefficient (Wildman–Crippen LogP) is 2.20. The first-order chi connectivity index (χ1) is 6.74. The van der Waals surface area contributed by atoms with Crippen LogP contribution in [-0.2, 0) is 11.3 Å². The quantitative estimate of drug-likeness (QED) is 0.774. The second-order valence-electron chi connectivity index (χ2n) is 3.60. The SMILES string of the molecule is CO[C@@H](C)[C@H](C)NCc1ccccc1. The number of methoxy groups -OCH3 is 1. The average molecular weight is 193 g/mol. The van der Waals surface area contributed by atoms with Crippen LogP contribution in [0.5, 0.6) is 0 Å². The molecule has 0 saturated heterocycles. The molecule has 0 spiro atoms. The number of hydrogen-bond acceptors (Lipinski definition) is 2. The lowest BCUT2D eigenvalue weighted by Gasteiger charge is -2.19. The van der Waals surface area contributed by atoms with Gasteiger partial charge in [0, 0.05) is 19.7 Å². The largest absolute Gasteiger partial charge is 0.380 e. The Morgan fingerprint density at radius 1 is 1.21 bits per heavy atom. The van der Waals surface area contributed by atoms with Crippen molar-refractivity contribution < 1.29 is 4.74 Å². The van der Waals surface area contributed by atoms with Crippen LogP contribution in [0.15, 0.2) is 30.3 Å². The Morgan fingerprint density at radius 3 is 2.43 bits per heavy atom. The van der Waals surface area contributed by atoms with Gasteiger partial charge in [0.15, 0.2) is 0 Å². The Bertz CT molecular complexity index is 248. The van der Waals surface area contributed by atoms with Crippen LogP contribution in [0, 0.1) is 0 Å². The molecule has 2 nitrogen and oxygen atoms in total. The summed E-state index contributed by atoms with van der Waals surface area (Å²) in [7, 11) is 1.74. The summed E-state index contributed by atoms with van der Waals surface area (Å²) in [5, 5.41) is 3.42. The van der Waals surface area contributed by atoms with Crippen molar-refractivity contribution in [1.82, 2.24) is 5.32 Å². The summed E-state index contributed by atoms with van der Waals surface area (Å²) in [4.78, 5) is 0. The third-order valence-electron chi connectivity index (χ3n) is 2.55. The number of benzene rings is 1. The van der Waals surface area contributed by atoms with Gasteiger partial charge in [0.25, 0.3) is 0 Å². The van der Waals surface area contributed by atoms with Gasteiger partial charge in [-0.05, 0) is 19.4 Å². The predicted molar refractivity (Wildman–Crippen MR) is 59.2 cm³/mol. The maximum absolute atomic E-state index is 5.24. The minimum absolute atomic E-state index is 0.249. The van der Waals surface area contributed by atoms with Crippen molar-refractivity contribution in [3.63, 3.8) is 0 Å². The van der Waals surface area contributed by atoms with E-state index in [-0.39, 0.29) is 6.10 Å². The molecule has 0 amide bonds. The standard InChI is InChI=1S/C12H19NO/c1-10(11(2)14-3)13-9-12-7-5-4-6-8-12/h4-8,10-11,13H,9H2,1-3H3/t10-,11-/m0/s1. The van der Waals surface area contributed by atoms with E-state index in [9.17, 15) is 0 Å². The maximum atomic E-state index is 5.24. The minimum atomic E-state index is 0.249. The zero-order chi connectivity index (χ0) is 10.4. The fourth-order valence-electron chi connectivity index (χ4n) is 1.24. The van der Waals surface area contributed by atoms with E-state index in [4.69, 9.17) is 4.74 Å². The molecule has 0 saturated carbocycles. The van der Waals surface area contributed by atoms with Gasteiger partial charge < -0.3 is 10.1 Å².